The number of halogens is 1. The maximum atomic E-state index is 12.7. The van der Waals surface area contributed by atoms with Gasteiger partial charge in [0.2, 0.25) is 5.78 Å². The fraction of sp³-hybridized carbons (Fsp3) is 0. The molecule has 0 radical (unpaired) electrons. The summed E-state index contributed by atoms with van der Waals surface area (Å²) in [6.45, 7) is 0. The molecule has 22 heavy (non-hydrogen) atoms. The number of carbonyl (C=O) groups is 2. The van der Waals surface area contributed by atoms with Crippen molar-refractivity contribution in [1.82, 2.24) is 0 Å². The maximum Gasteiger partial charge on any atom is 0.208 e. The van der Waals surface area contributed by atoms with Crippen LogP contribution in [-0.4, -0.2) is 11.6 Å². The molecule has 0 spiro atoms. The number of hydrogen-bond acceptors (Lipinski definition) is 4. The SMILES string of the molecule is O=NNc1cccc2c1C(=O)C(Cl)=C(c1ccccc1)C2=O. The summed E-state index contributed by atoms with van der Waals surface area (Å²) in [6.07, 6.45) is 0. The lowest BCUT2D eigenvalue weighted by atomic mass is 9.85. The van der Waals surface area contributed by atoms with Gasteiger partial charge < -0.3 is 0 Å². The average molecular weight is 313 g/mol. The Morgan fingerprint density at radius 2 is 1.64 bits per heavy atom. The Labute approximate surface area is 130 Å². The molecule has 1 aliphatic carbocycles. The van der Waals surface area contributed by atoms with Gasteiger partial charge in [0.25, 0.3) is 0 Å². The number of fused-ring (bicyclic) bond motifs is 1. The Balaban J connectivity index is 2.23. The van der Waals surface area contributed by atoms with E-state index < -0.39 is 5.78 Å². The molecule has 2 aromatic rings. The van der Waals surface area contributed by atoms with Crippen LogP contribution in [0.4, 0.5) is 5.69 Å². The number of ketones is 2. The van der Waals surface area contributed by atoms with Gasteiger partial charge in [-0.05, 0) is 11.6 Å². The highest BCUT2D eigenvalue weighted by Gasteiger charge is 2.33. The van der Waals surface area contributed by atoms with Gasteiger partial charge in [-0.3, -0.25) is 9.59 Å². The van der Waals surface area contributed by atoms with Crippen LogP contribution < -0.4 is 5.43 Å². The van der Waals surface area contributed by atoms with Gasteiger partial charge in [0.15, 0.2) is 5.78 Å². The van der Waals surface area contributed by atoms with Gasteiger partial charge in [-0.25, -0.2) is 5.43 Å². The Morgan fingerprint density at radius 3 is 2.32 bits per heavy atom. The van der Waals surface area contributed by atoms with Crippen molar-refractivity contribution in [2.75, 3.05) is 5.43 Å². The molecule has 108 valence electrons. The van der Waals surface area contributed by atoms with Gasteiger partial charge in [-0.1, -0.05) is 54.1 Å². The van der Waals surface area contributed by atoms with Crippen molar-refractivity contribution in [1.29, 1.82) is 0 Å². The largest absolute Gasteiger partial charge is 0.289 e. The third kappa shape index (κ3) is 2.12. The van der Waals surface area contributed by atoms with Crippen LogP contribution in [0.1, 0.15) is 26.3 Å². The lowest BCUT2D eigenvalue weighted by Crippen LogP contribution is -2.20. The third-order valence-electron chi connectivity index (χ3n) is 3.41. The van der Waals surface area contributed by atoms with Crippen molar-refractivity contribution in [2.45, 2.75) is 0 Å². The van der Waals surface area contributed by atoms with Gasteiger partial charge in [-0.2, -0.15) is 0 Å². The second-order valence-corrected chi connectivity index (χ2v) is 5.02. The first kappa shape index (κ1) is 14.2. The highest BCUT2D eigenvalue weighted by molar-refractivity contribution is 6.57. The van der Waals surface area contributed by atoms with E-state index >= 15 is 0 Å². The zero-order valence-electron chi connectivity index (χ0n) is 11.2. The van der Waals surface area contributed by atoms with Crippen LogP contribution in [0.5, 0.6) is 0 Å². The molecule has 3 rings (SSSR count). The van der Waals surface area contributed by atoms with Crippen molar-refractivity contribution >= 4 is 34.4 Å². The topological polar surface area (TPSA) is 75.6 Å². The standard InChI is InChI=1S/C16H9ClN2O3/c17-14-12(9-5-2-1-3-6-9)15(20)10-7-4-8-11(18-19-22)13(10)16(14)21/h1-8H,(H,18,22). The van der Waals surface area contributed by atoms with E-state index in [0.717, 1.165) is 0 Å². The molecule has 0 amide bonds. The summed E-state index contributed by atoms with van der Waals surface area (Å²) >= 11 is 6.14. The summed E-state index contributed by atoms with van der Waals surface area (Å²) < 4.78 is 0. The molecular formula is C16H9ClN2O3. The molecular weight excluding hydrogens is 304 g/mol. The van der Waals surface area contributed by atoms with E-state index in [-0.39, 0.29) is 33.2 Å². The molecule has 0 saturated heterocycles. The number of nitrogens with zero attached hydrogens (tertiary/aromatic N) is 1. The minimum absolute atomic E-state index is 0.0665. The minimum Gasteiger partial charge on any atom is -0.289 e. The van der Waals surface area contributed by atoms with Crippen molar-refractivity contribution in [3.05, 3.63) is 75.2 Å². The lowest BCUT2D eigenvalue weighted by molar-refractivity contribution is 0.0998. The van der Waals surface area contributed by atoms with Crippen LogP contribution in [0.15, 0.2) is 58.8 Å². The first-order chi connectivity index (χ1) is 10.6. The molecule has 0 fully saturated rings. The number of nitroso groups, excluding NO2 is 1. The molecule has 0 aliphatic heterocycles. The van der Waals surface area contributed by atoms with Crippen molar-refractivity contribution in [3.8, 4) is 0 Å². The van der Waals surface area contributed by atoms with Crippen LogP contribution in [0.3, 0.4) is 0 Å². The first-order valence-corrected chi connectivity index (χ1v) is 6.79. The normalized spacial score (nSPS) is 13.9. The number of rotatable bonds is 3. The Kier molecular flexibility index (Phi) is 3.56. The molecule has 0 saturated carbocycles. The zero-order valence-corrected chi connectivity index (χ0v) is 11.9. The molecule has 1 N–H and O–H groups in total. The van der Waals surface area contributed by atoms with Crippen LogP contribution >= 0.6 is 11.6 Å². The van der Waals surface area contributed by atoms with Crippen molar-refractivity contribution in [3.63, 3.8) is 0 Å². The summed E-state index contributed by atoms with van der Waals surface area (Å²) in [7, 11) is 0. The number of allylic oxidation sites excluding steroid dienone is 2. The number of Topliss-reactive ketones (excluding diaryl/α,β-unsaturated/α-hetero) is 2. The molecule has 0 atom stereocenters. The van der Waals surface area contributed by atoms with Crippen LogP contribution in [0, 0.1) is 4.91 Å². The summed E-state index contributed by atoms with van der Waals surface area (Å²) in [5.74, 6) is -0.873. The molecule has 0 heterocycles. The summed E-state index contributed by atoms with van der Waals surface area (Å²) in [6, 6.07) is 13.3. The average Bonchev–Trinajstić information content (AvgIpc) is 2.54. The summed E-state index contributed by atoms with van der Waals surface area (Å²) in [4.78, 5) is 35.6. The molecule has 0 aromatic heterocycles. The molecule has 5 nitrogen and oxygen atoms in total. The Morgan fingerprint density at radius 1 is 0.909 bits per heavy atom. The molecule has 0 unspecified atom stereocenters. The molecule has 2 aromatic carbocycles. The van der Waals surface area contributed by atoms with Gasteiger partial charge in [-0.15, -0.1) is 4.91 Å². The maximum absolute atomic E-state index is 12.7. The fourth-order valence-corrected chi connectivity index (χ4v) is 2.74. The second kappa shape index (κ2) is 5.54. The zero-order chi connectivity index (χ0) is 15.7. The van der Waals surface area contributed by atoms with Crippen LogP contribution in [-0.2, 0) is 0 Å². The van der Waals surface area contributed by atoms with E-state index in [0.29, 0.717) is 5.56 Å². The third-order valence-corrected chi connectivity index (χ3v) is 3.77. The van der Waals surface area contributed by atoms with E-state index in [4.69, 9.17) is 11.6 Å². The highest BCUT2D eigenvalue weighted by Crippen LogP contribution is 2.37. The predicted octanol–water partition coefficient (Wildman–Crippen LogP) is 3.81. The van der Waals surface area contributed by atoms with E-state index in [1.54, 1.807) is 36.4 Å². The fourth-order valence-electron chi connectivity index (χ4n) is 2.45. The van der Waals surface area contributed by atoms with Gasteiger partial charge in [0.1, 0.15) is 5.03 Å². The quantitative estimate of drug-likeness (QED) is 0.690. The number of benzene rings is 2. The Bertz CT molecular complexity index is 829. The molecule has 0 bridgehead atoms. The van der Waals surface area contributed by atoms with Crippen LogP contribution in [0.2, 0.25) is 0 Å². The van der Waals surface area contributed by atoms with E-state index in [2.05, 4.69) is 10.7 Å². The highest BCUT2D eigenvalue weighted by atomic mass is 35.5. The lowest BCUT2D eigenvalue weighted by Gasteiger charge is -2.19. The molecule has 6 heteroatoms. The predicted molar refractivity (Wildman–Crippen MR) is 83.7 cm³/mol. The van der Waals surface area contributed by atoms with Gasteiger partial charge in [0.05, 0.1) is 22.1 Å². The summed E-state index contributed by atoms with van der Waals surface area (Å²) in [5, 5.41) is 2.39. The van der Waals surface area contributed by atoms with Gasteiger partial charge in [0, 0.05) is 5.56 Å². The molecule has 1 aliphatic rings. The number of hydrogen-bond donors (Lipinski definition) is 1. The minimum atomic E-state index is -0.512. The Hall–Kier alpha value is -2.79. The van der Waals surface area contributed by atoms with Crippen molar-refractivity contribution in [2.24, 2.45) is 5.29 Å². The first-order valence-electron chi connectivity index (χ1n) is 6.41. The van der Waals surface area contributed by atoms with E-state index in [1.807, 2.05) is 0 Å². The number of anilines is 1. The van der Waals surface area contributed by atoms with Crippen LogP contribution in [0.25, 0.3) is 5.57 Å². The van der Waals surface area contributed by atoms with E-state index in [9.17, 15) is 14.5 Å². The second-order valence-electron chi connectivity index (χ2n) is 4.64. The monoisotopic (exact) mass is 312 g/mol. The van der Waals surface area contributed by atoms with Gasteiger partial charge >= 0.3 is 0 Å². The number of nitrogens with one attached hydrogen (secondary N) is 1. The van der Waals surface area contributed by atoms with E-state index in [1.165, 1.54) is 12.1 Å². The number of carbonyl (C=O) groups excluding carboxylic acids is 2. The summed E-state index contributed by atoms with van der Waals surface area (Å²) in [5.41, 5.74) is 3.34. The van der Waals surface area contributed by atoms with Crippen molar-refractivity contribution < 1.29 is 9.59 Å². The smallest absolute Gasteiger partial charge is 0.208 e.